The number of nitrogens with one attached hydrogen (secondary N) is 3. The molecule has 3 atom stereocenters. The van der Waals surface area contributed by atoms with Crippen molar-refractivity contribution >= 4 is 41.9 Å². The molecule has 3 unspecified atom stereocenters. The Morgan fingerprint density at radius 1 is 0.625 bits per heavy atom. The van der Waals surface area contributed by atoms with Gasteiger partial charge in [0.25, 0.3) is 0 Å². The molecule has 0 aromatic carbocycles. The summed E-state index contributed by atoms with van der Waals surface area (Å²) in [4.78, 5) is 60.6. The van der Waals surface area contributed by atoms with Crippen LogP contribution in [0.25, 0.3) is 0 Å². The number of rotatable bonds is 22. The Labute approximate surface area is 235 Å². The summed E-state index contributed by atoms with van der Waals surface area (Å²) in [5, 5.41) is 8.58. The van der Waals surface area contributed by atoms with Crippen molar-refractivity contribution in [1.82, 2.24) is 16.0 Å². The number of aldehydes is 1. The molecule has 16 nitrogen and oxygen atoms in total. The van der Waals surface area contributed by atoms with Crippen molar-refractivity contribution in [3.63, 3.8) is 0 Å². The van der Waals surface area contributed by atoms with Crippen molar-refractivity contribution in [3.05, 3.63) is 0 Å². The first kappa shape index (κ1) is 35.9. The van der Waals surface area contributed by atoms with Gasteiger partial charge >= 0.3 is 0 Å². The molecule has 0 saturated heterocycles. The van der Waals surface area contributed by atoms with Crippen LogP contribution in [-0.2, 0) is 19.2 Å². The Kier molecular flexibility index (Phi) is 19.5. The van der Waals surface area contributed by atoms with Crippen LogP contribution in [0, 0.1) is 0 Å². The summed E-state index contributed by atoms with van der Waals surface area (Å²) in [6, 6.07) is -1.35. The van der Waals surface area contributed by atoms with Gasteiger partial charge in [0, 0.05) is 63.4 Å². The second kappa shape index (κ2) is 21.8. The van der Waals surface area contributed by atoms with Crippen LogP contribution in [0.1, 0.15) is 71.1 Å². The molecular formula is C24H48N12O4. The van der Waals surface area contributed by atoms with Gasteiger partial charge in [0.1, 0.15) is 6.29 Å². The minimum absolute atomic E-state index is 0.0120. The van der Waals surface area contributed by atoms with E-state index in [0.717, 1.165) is 6.29 Å². The third kappa shape index (κ3) is 20.9. The van der Waals surface area contributed by atoms with Crippen LogP contribution in [0.15, 0.2) is 15.0 Å². The number of carbonyl (C=O) groups is 4. The van der Waals surface area contributed by atoms with Gasteiger partial charge in [-0.2, -0.15) is 0 Å². The molecule has 0 bridgehead atoms. The molecule has 0 aromatic heterocycles. The number of hydrogen-bond acceptors (Lipinski definition) is 7. The number of guanidine groups is 3. The van der Waals surface area contributed by atoms with E-state index in [1.54, 1.807) is 6.92 Å². The molecule has 0 aliphatic heterocycles. The molecule has 0 saturated carbocycles. The van der Waals surface area contributed by atoms with Crippen LogP contribution in [0.5, 0.6) is 0 Å². The maximum atomic E-state index is 12.9. The van der Waals surface area contributed by atoms with E-state index in [2.05, 4.69) is 30.9 Å². The molecule has 3 amide bonds. The van der Waals surface area contributed by atoms with Crippen LogP contribution in [0.3, 0.4) is 0 Å². The van der Waals surface area contributed by atoms with Crippen molar-refractivity contribution in [2.75, 3.05) is 19.6 Å². The predicted molar refractivity (Wildman–Crippen MR) is 156 cm³/mol. The number of aliphatic imine (C=N–C) groups is 3. The second-order valence-corrected chi connectivity index (χ2v) is 9.30. The van der Waals surface area contributed by atoms with E-state index in [1.165, 1.54) is 0 Å². The zero-order valence-corrected chi connectivity index (χ0v) is 23.4. The molecule has 0 aliphatic rings. The lowest BCUT2D eigenvalue weighted by molar-refractivity contribution is -0.124. The summed E-state index contributed by atoms with van der Waals surface area (Å²) in [6.07, 6.45) is 4.19. The molecule has 40 heavy (non-hydrogen) atoms. The monoisotopic (exact) mass is 568 g/mol. The standard InChI is InChI=1S/C24H48N12O4/c1-2-19(38)35-17(7-4-11-32-23(27)28)14-21(40)36-18(8-5-12-33-24(29)30)15-20(39)34-16(9-13-37)6-3-10-31-22(25)26/h13,16-18H,2-12,14-15H2,1H3,(H,34,39)(H,35,38)(H,36,40)(H4,25,26,31)(H4,27,28,32)(H4,29,30,33). The van der Waals surface area contributed by atoms with E-state index in [4.69, 9.17) is 34.4 Å². The normalized spacial score (nSPS) is 12.6. The van der Waals surface area contributed by atoms with E-state index in [-0.39, 0.29) is 61.3 Å². The van der Waals surface area contributed by atoms with Crippen LogP contribution < -0.4 is 50.4 Å². The largest absolute Gasteiger partial charge is 0.370 e. The van der Waals surface area contributed by atoms with Crippen molar-refractivity contribution in [2.24, 2.45) is 49.4 Å². The molecule has 15 N–H and O–H groups in total. The Balaban J connectivity index is 5.26. The fraction of sp³-hybridized carbons (Fsp3) is 0.708. The summed E-state index contributed by atoms with van der Waals surface area (Å²) in [7, 11) is 0. The van der Waals surface area contributed by atoms with Gasteiger partial charge in [0.05, 0.1) is 0 Å². The average Bonchev–Trinajstić information content (AvgIpc) is 2.86. The first-order valence-corrected chi connectivity index (χ1v) is 13.4. The number of nitrogens with zero attached hydrogens (tertiary/aromatic N) is 3. The van der Waals surface area contributed by atoms with Gasteiger partial charge in [-0.1, -0.05) is 6.92 Å². The number of nitrogens with two attached hydrogens (primary N) is 6. The van der Waals surface area contributed by atoms with E-state index in [1.807, 2.05) is 0 Å². The minimum atomic E-state index is -0.524. The summed E-state index contributed by atoms with van der Waals surface area (Å²) < 4.78 is 0. The van der Waals surface area contributed by atoms with Crippen LogP contribution in [-0.4, -0.2) is 79.6 Å². The lowest BCUT2D eigenvalue weighted by Crippen LogP contribution is -2.44. The Bertz CT molecular complexity index is 866. The third-order valence-electron chi connectivity index (χ3n) is 5.68. The van der Waals surface area contributed by atoms with Crippen LogP contribution >= 0.6 is 0 Å². The summed E-state index contributed by atoms with van der Waals surface area (Å²) in [6.45, 7) is 2.79. The molecule has 0 rings (SSSR count). The van der Waals surface area contributed by atoms with Crippen LogP contribution in [0.2, 0.25) is 0 Å². The van der Waals surface area contributed by atoms with E-state index < -0.39 is 18.1 Å². The van der Waals surface area contributed by atoms with Gasteiger partial charge in [-0.3, -0.25) is 29.4 Å². The van der Waals surface area contributed by atoms with E-state index >= 15 is 0 Å². The van der Waals surface area contributed by atoms with E-state index in [9.17, 15) is 19.2 Å². The Hall–Kier alpha value is -4.11. The zero-order chi connectivity index (χ0) is 30.3. The topological polar surface area (TPSA) is 298 Å². The quantitative estimate of drug-likeness (QED) is 0.0283. The molecule has 0 aromatic rings. The highest BCUT2D eigenvalue weighted by atomic mass is 16.2. The maximum absolute atomic E-state index is 12.9. The molecule has 0 fully saturated rings. The highest BCUT2D eigenvalue weighted by Gasteiger charge is 2.21. The predicted octanol–water partition coefficient (Wildman–Crippen LogP) is -2.62. The average molecular weight is 569 g/mol. The highest BCUT2D eigenvalue weighted by Crippen LogP contribution is 2.09. The lowest BCUT2D eigenvalue weighted by Gasteiger charge is -2.23. The first-order valence-electron chi connectivity index (χ1n) is 13.4. The third-order valence-corrected chi connectivity index (χ3v) is 5.68. The summed E-state index contributed by atoms with van der Waals surface area (Å²) in [5.74, 6) is -0.947. The Morgan fingerprint density at radius 2 is 0.975 bits per heavy atom. The van der Waals surface area contributed by atoms with Crippen LogP contribution in [0.4, 0.5) is 0 Å². The SMILES string of the molecule is CCC(=O)NC(CCCN=C(N)N)CC(=O)NC(CCCN=C(N)N)CC(=O)NC(CC=O)CCCN=C(N)N. The second-order valence-electron chi connectivity index (χ2n) is 9.30. The fourth-order valence-electron chi connectivity index (χ4n) is 3.80. The molecule has 0 heterocycles. The number of amides is 3. The van der Waals surface area contributed by atoms with Gasteiger partial charge in [0.15, 0.2) is 17.9 Å². The molecule has 0 radical (unpaired) electrons. The summed E-state index contributed by atoms with van der Waals surface area (Å²) in [5.41, 5.74) is 32.1. The molecule has 0 aliphatic carbocycles. The lowest BCUT2D eigenvalue weighted by atomic mass is 10.0. The maximum Gasteiger partial charge on any atom is 0.222 e. The molecule has 0 spiro atoms. The van der Waals surface area contributed by atoms with E-state index in [0.29, 0.717) is 58.2 Å². The van der Waals surface area contributed by atoms with Gasteiger partial charge in [0.2, 0.25) is 17.7 Å². The fourth-order valence-corrected chi connectivity index (χ4v) is 3.80. The molecule has 228 valence electrons. The molecule has 16 heteroatoms. The van der Waals surface area contributed by atoms with Gasteiger partial charge in [-0.25, -0.2) is 0 Å². The van der Waals surface area contributed by atoms with Crippen molar-refractivity contribution < 1.29 is 19.2 Å². The van der Waals surface area contributed by atoms with Crippen molar-refractivity contribution in [2.45, 2.75) is 89.3 Å². The van der Waals surface area contributed by atoms with Gasteiger partial charge in [-0.15, -0.1) is 0 Å². The van der Waals surface area contributed by atoms with Gasteiger partial charge < -0.3 is 55.1 Å². The number of hydrogen-bond donors (Lipinski definition) is 9. The van der Waals surface area contributed by atoms with Crippen molar-refractivity contribution in [1.29, 1.82) is 0 Å². The minimum Gasteiger partial charge on any atom is -0.370 e. The highest BCUT2D eigenvalue weighted by molar-refractivity contribution is 5.81. The zero-order valence-electron chi connectivity index (χ0n) is 23.4. The number of carbonyl (C=O) groups excluding carboxylic acids is 4. The first-order chi connectivity index (χ1) is 19.0. The van der Waals surface area contributed by atoms with Crippen molar-refractivity contribution in [3.8, 4) is 0 Å². The summed E-state index contributed by atoms with van der Waals surface area (Å²) >= 11 is 0. The Morgan fingerprint density at radius 3 is 1.32 bits per heavy atom. The molecular weight excluding hydrogens is 520 g/mol. The smallest absolute Gasteiger partial charge is 0.222 e. The van der Waals surface area contributed by atoms with Gasteiger partial charge in [-0.05, 0) is 38.5 Å².